The van der Waals surface area contributed by atoms with Crippen LogP contribution in [0.1, 0.15) is 35.2 Å². The first-order chi connectivity index (χ1) is 21.2. The molecule has 0 unspecified atom stereocenters. The molecule has 12 heteroatoms. The molecule has 0 atom stereocenters. The van der Waals surface area contributed by atoms with Crippen molar-refractivity contribution < 1.29 is 23.8 Å². The molecule has 3 fully saturated rings. The number of carbonyl (C=O) groups is 1. The van der Waals surface area contributed by atoms with Crippen LogP contribution in [0.3, 0.4) is 0 Å². The number of nitriles is 1. The molecule has 7 rings (SSSR count). The highest BCUT2D eigenvalue weighted by atomic mass is 35.5. The van der Waals surface area contributed by atoms with E-state index in [0.717, 1.165) is 61.6 Å². The van der Waals surface area contributed by atoms with Gasteiger partial charge in [-0.25, -0.2) is 14.2 Å². The summed E-state index contributed by atoms with van der Waals surface area (Å²) in [5.74, 6) is 0.419. The predicted molar refractivity (Wildman–Crippen MR) is 162 cm³/mol. The molecule has 0 radical (unpaired) electrons. The third-order valence-electron chi connectivity index (χ3n) is 9.00. The molecular formula is C32H30ClFN6O4. The summed E-state index contributed by atoms with van der Waals surface area (Å²) in [6.45, 7) is 3.80. The van der Waals surface area contributed by atoms with Gasteiger partial charge in [0.25, 0.3) is 5.88 Å². The van der Waals surface area contributed by atoms with Gasteiger partial charge in [-0.1, -0.05) is 17.7 Å². The van der Waals surface area contributed by atoms with Crippen molar-refractivity contribution in [1.29, 1.82) is 5.26 Å². The van der Waals surface area contributed by atoms with Gasteiger partial charge in [-0.15, -0.1) is 0 Å². The van der Waals surface area contributed by atoms with E-state index in [1.807, 2.05) is 0 Å². The summed E-state index contributed by atoms with van der Waals surface area (Å²) in [6.07, 6.45) is 2.41. The van der Waals surface area contributed by atoms with Gasteiger partial charge in [0.1, 0.15) is 18.2 Å². The zero-order valence-corrected chi connectivity index (χ0v) is 24.8. The molecule has 2 saturated heterocycles. The Morgan fingerprint density at radius 3 is 2.57 bits per heavy atom. The summed E-state index contributed by atoms with van der Waals surface area (Å²) in [5.41, 5.74) is 2.43. The molecule has 4 aromatic rings. The molecule has 0 amide bonds. The number of hydrogen-bond acceptors (Lipinski definition) is 8. The lowest BCUT2D eigenvalue weighted by atomic mass is 9.73. The molecule has 44 heavy (non-hydrogen) atoms. The molecule has 0 bridgehead atoms. The van der Waals surface area contributed by atoms with Crippen molar-refractivity contribution in [3.8, 4) is 17.7 Å². The average molecular weight is 617 g/mol. The molecule has 2 aromatic heterocycles. The van der Waals surface area contributed by atoms with E-state index in [0.29, 0.717) is 29.6 Å². The summed E-state index contributed by atoms with van der Waals surface area (Å²) in [5, 5.41) is 19.5. The first-order valence-electron chi connectivity index (χ1n) is 14.4. The second kappa shape index (κ2) is 10.6. The Bertz CT molecular complexity index is 1820. The van der Waals surface area contributed by atoms with Crippen LogP contribution in [0, 0.1) is 28.0 Å². The molecule has 1 aliphatic carbocycles. The minimum atomic E-state index is -0.982. The number of carboxylic acids is 1. The molecule has 4 heterocycles. The van der Waals surface area contributed by atoms with Gasteiger partial charge in [0, 0.05) is 60.6 Å². The Hall–Kier alpha value is -4.56. The molecule has 1 N–H and O–H groups in total. The zero-order chi connectivity index (χ0) is 30.6. The third kappa shape index (κ3) is 5.03. The van der Waals surface area contributed by atoms with Crippen LogP contribution in [0.4, 0.5) is 16.2 Å². The van der Waals surface area contributed by atoms with Crippen LogP contribution in [0.2, 0.25) is 5.02 Å². The molecule has 2 aromatic carbocycles. The fourth-order valence-electron chi connectivity index (χ4n) is 6.42. The number of ether oxygens (including phenoxy) is 2. The van der Waals surface area contributed by atoms with E-state index in [1.54, 1.807) is 49.6 Å². The van der Waals surface area contributed by atoms with Crippen LogP contribution in [-0.4, -0.2) is 58.9 Å². The van der Waals surface area contributed by atoms with Crippen molar-refractivity contribution in [2.24, 2.45) is 10.8 Å². The number of imidazole rings is 1. The Morgan fingerprint density at radius 1 is 1.09 bits per heavy atom. The summed E-state index contributed by atoms with van der Waals surface area (Å²) < 4.78 is 27.8. The molecular weight excluding hydrogens is 587 g/mol. The van der Waals surface area contributed by atoms with Crippen molar-refractivity contribution in [1.82, 2.24) is 14.5 Å². The Morgan fingerprint density at radius 2 is 1.86 bits per heavy atom. The summed E-state index contributed by atoms with van der Waals surface area (Å²) in [6, 6.07) is 15.6. The maximum absolute atomic E-state index is 14.6. The third-order valence-corrected chi connectivity index (χ3v) is 9.24. The Labute approximate surface area is 258 Å². The summed E-state index contributed by atoms with van der Waals surface area (Å²) in [4.78, 5) is 25.4. The van der Waals surface area contributed by atoms with Gasteiger partial charge in [-0.05, 0) is 55.3 Å². The number of carboxylic acid groups (broad SMARTS) is 1. The second-order valence-corrected chi connectivity index (χ2v) is 12.7. The zero-order valence-electron chi connectivity index (χ0n) is 24.1. The smallest absolute Gasteiger partial charge is 0.335 e. The Balaban J connectivity index is 1.05. The minimum absolute atomic E-state index is 0.0485. The van der Waals surface area contributed by atoms with Crippen molar-refractivity contribution in [3.63, 3.8) is 0 Å². The van der Waals surface area contributed by atoms with E-state index in [-0.39, 0.29) is 28.9 Å². The number of anilines is 2. The first-order valence-corrected chi connectivity index (χ1v) is 14.8. The van der Waals surface area contributed by atoms with Gasteiger partial charge in [-0.3, -0.25) is 0 Å². The molecule has 2 aliphatic heterocycles. The fourth-order valence-corrected chi connectivity index (χ4v) is 6.58. The molecule has 3 aliphatic rings. The fraction of sp³-hybridized carbons (Fsp3) is 0.375. The van der Waals surface area contributed by atoms with Crippen LogP contribution in [-0.2, 0) is 13.2 Å². The number of aromatic nitrogens is 3. The maximum Gasteiger partial charge on any atom is 0.335 e. The number of aromatic carboxylic acids is 1. The number of nitrogens with zero attached hydrogens (tertiary/aromatic N) is 6. The average Bonchev–Trinajstić information content (AvgIpc) is 3.64. The number of halogens is 2. The quantitative estimate of drug-likeness (QED) is 0.245. The highest BCUT2D eigenvalue weighted by Gasteiger charge is 2.54. The van der Waals surface area contributed by atoms with Crippen LogP contribution >= 0.6 is 11.6 Å². The first kappa shape index (κ1) is 28.2. The largest absolute Gasteiger partial charge is 0.496 e. The Kier molecular flexibility index (Phi) is 6.77. The van der Waals surface area contributed by atoms with Crippen LogP contribution in [0.15, 0.2) is 48.5 Å². The normalized spacial score (nSPS) is 17.6. The predicted octanol–water partition coefficient (Wildman–Crippen LogP) is 5.53. The second-order valence-electron chi connectivity index (χ2n) is 12.3. The molecule has 10 nitrogen and oxygen atoms in total. The summed E-state index contributed by atoms with van der Waals surface area (Å²) in [7, 11) is 1.54. The van der Waals surface area contributed by atoms with Gasteiger partial charge in [0.05, 0.1) is 29.8 Å². The highest BCUT2D eigenvalue weighted by Crippen LogP contribution is 2.52. The SMILES string of the molecule is COc1cc(Cl)ccc1COc1nc(N2CC3(C2)CN(c2nc4ccc(C(=O)O)cc4n2CC2(CC#N)CC2)C3)ccc1F. The number of methoxy groups -OCH3 is 1. The van der Waals surface area contributed by atoms with E-state index < -0.39 is 11.8 Å². The van der Waals surface area contributed by atoms with E-state index >= 15 is 0 Å². The highest BCUT2D eigenvalue weighted by molar-refractivity contribution is 6.30. The van der Waals surface area contributed by atoms with E-state index in [9.17, 15) is 19.6 Å². The number of hydrogen-bond donors (Lipinski definition) is 1. The lowest BCUT2D eigenvalue weighted by Gasteiger charge is -2.60. The number of fused-ring (bicyclic) bond motifs is 1. The molecule has 1 spiro atoms. The number of benzene rings is 2. The van der Waals surface area contributed by atoms with Gasteiger partial charge in [0.2, 0.25) is 5.95 Å². The maximum atomic E-state index is 14.6. The van der Waals surface area contributed by atoms with E-state index in [1.165, 1.54) is 6.07 Å². The van der Waals surface area contributed by atoms with Gasteiger partial charge >= 0.3 is 5.97 Å². The topological polar surface area (TPSA) is 117 Å². The minimum Gasteiger partial charge on any atom is -0.496 e. The lowest BCUT2D eigenvalue weighted by Crippen LogP contribution is -2.73. The van der Waals surface area contributed by atoms with Crippen LogP contribution in [0.25, 0.3) is 11.0 Å². The van der Waals surface area contributed by atoms with Gasteiger partial charge in [-0.2, -0.15) is 10.2 Å². The van der Waals surface area contributed by atoms with Crippen molar-refractivity contribution in [3.05, 3.63) is 70.5 Å². The van der Waals surface area contributed by atoms with Crippen LogP contribution in [0.5, 0.6) is 11.6 Å². The molecule has 1 saturated carbocycles. The number of rotatable bonds is 10. The van der Waals surface area contributed by atoms with Gasteiger partial charge in [0.15, 0.2) is 5.82 Å². The summed E-state index contributed by atoms with van der Waals surface area (Å²) >= 11 is 6.04. The van der Waals surface area contributed by atoms with E-state index in [2.05, 4.69) is 25.4 Å². The van der Waals surface area contributed by atoms with Gasteiger partial charge < -0.3 is 28.9 Å². The standard InChI is InChI=1S/C32H30ClFN6O4/c1-43-26-13-22(33)4-2-21(26)14-44-28-23(34)5-7-27(37-28)38-15-32(16-38)17-39(18-32)30-36-24-6-3-20(29(41)42)12-25(24)40(30)19-31(8-9-31)10-11-35/h2-7,12-13H,8-10,14-19H2,1H3,(H,41,42). The number of pyridine rings is 1. The molecule has 226 valence electrons. The van der Waals surface area contributed by atoms with Crippen molar-refractivity contribution in [2.75, 3.05) is 43.1 Å². The van der Waals surface area contributed by atoms with Crippen LogP contribution < -0.4 is 19.3 Å². The monoisotopic (exact) mass is 616 g/mol. The van der Waals surface area contributed by atoms with E-state index in [4.69, 9.17) is 26.1 Å². The van der Waals surface area contributed by atoms with Crippen molar-refractivity contribution in [2.45, 2.75) is 32.4 Å². The van der Waals surface area contributed by atoms with Crippen molar-refractivity contribution >= 4 is 40.4 Å². The lowest BCUT2D eigenvalue weighted by molar-refractivity contribution is 0.0697.